The van der Waals surface area contributed by atoms with Crippen LogP contribution in [0.25, 0.3) is 11.1 Å². The minimum Gasteiger partial charge on any atom is -0.339 e. The first-order valence-corrected chi connectivity index (χ1v) is 15.7. The Labute approximate surface area is 246 Å². The van der Waals surface area contributed by atoms with Crippen molar-refractivity contribution in [1.82, 2.24) is 30.3 Å². The second kappa shape index (κ2) is 12.4. The monoisotopic (exact) mass is 575 g/mol. The van der Waals surface area contributed by atoms with Crippen molar-refractivity contribution in [2.45, 2.75) is 103 Å². The highest BCUT2D eigenvalue weighted by atomic mass is 19.1. The van der Waals surface area contributed by atoms with Crippen LogP contribution in [0, 0.1) is 37.5 Å². The SMILES string of the molecule is Cc1n[nH]c(C)c1-c1ccc(NC(=O)[C@@H](NC(=O)c2ccnn2C2CC2)C(C2CCCCC2)C2CCCCC2)nc1F. The van der Waals surface area contributed by atoms with Gasteiger partial charge in [-0.3, -0.25) is 19.4 Å². The van der Waals surface area contributed by atoms with Crippen LogP contribution in [0.15, 0.2) is 24.4 Å². The summed E-state index contributed by atoms with van der Waals surface area (Å²) in [6.07, 6.45) is 14.9. The van der Waals surface area contributed by atoms with E-state index in [0.717, 1.165) is 69.9 Å². The summed E-state index contributed by atoms with van der Waals surface area (Å²) in [4.78, 5) is 32.1. The molecule has 1 atom stereocenters. The van der Waals surface area contributed by atoms with Gasteiger partial charge in [0, 0.05) is 23.0 Å². The Hall–Kier alpha value is -3.56. The van der Waals surface area contributed by atoms with Crippen LogP contribution in [-0.4, -0.2) is 42.8 Å². The van der Waals surface area contributed by atoms with Gasteiger partial charge in [0.1, 0.15) is 17.6 Å². The Kier molecular flexibility index (Phi) is 8.40. The van der Waals surface area contributed by atoms with Crippen molar-refractivity contribution in [3.63, 3.8) is 0 Å². The second-order valence-corrected chi connectivity index (χ2v) is 12.5. The van der Waals surface area contributed by atoms with Crippen LogP contribution in [0.5, 0.6) is 0 Å². The lowest BCUT2D eigenvalue weighted by molar-refractivity contribution is -0.121. The number of carbonyl (C=O) groups excluding carboxylic acids is 2. The van der Waals surface area contributed by atoms with E-state index >= 15 is 4.39 Å². The fourth-order valence-electron chi connectivity index (χ4n) is 7.47. The van der Waals surface area contributed by atoms with Gasteiger partial charge in [0.25, 0.3) is 5.91 Å². The number of nitrogens with zero attached hydrogens (tertiary/aromatic N) is 4. The maximum absolute atomic E-state index is 15.3. The molecule has 2 amide bonds. The summed E-state index contributed by atoms with van der Waals surface area (Å²) in [5.41, 5.74) is 2.92. The number of H-pyrrole nitrogens is 1. The summed E-state index contributed by atoms with van der Waals surface area (Å²) in [6.45, 7) is 3.65. The summed E-state index contributed by atoms with van der Waals surface area (Å²) < 4.78 is 17.1. The third kappa shape index (κ3) is 5.99. The van der Waals surface area contributed by atoms with E-state index in [-0.39, 0.29) is 29.6 Å². The summed E-state index contributed by atoms with van der Waals surface area (Å²) in [5.74, 6) is -0.449. The van der Waals surface area contributed by atoms with E-state index in [1.165, 1.54) is 12.8 Å². The van der Waals surface area contributed by atoms with Crippen LogP contribution < -0.4 is 10.6 Å². The normalized spacial score (nSPS) is 19.1. The van der Waals surface area contributed by atoms with Crippen molar-refractivity contribution < 1.29 is 14.0 Å². The summed E-state index contributed by atoms with van der Waals surface area (Å²) in [6, 6.07) is 4.47. The number of carbonyl (C=O) groups is 2. The van der Waals surface area contributed by atoms with Gasteiger partial charge in [0.2, 0.25) is 11.9 Å². The fraction of sp³-hybridized carbons (Fsp3) is 0.594. The molecule has 0 unspecified atom stereocenters. The zero-order valence-electron chi connectivity index (χ0n) is 24.7. The van der Waals surface area contributed by atoms with Gasteiger partial charge in [-0.1, -0.05) is 64.2 Å². The number of aromatic amines is 1. The summed E-state index contributed by atoms with van der Waals surface area (Å²) in [7, 11) is 0. The van der Waals surface area contributed by atoms with Crippen LogP contribution in [0.3, 0.4) is 0 Å². The highest BCUT2D eigenvalue weighted by Gasteiger charge is 2.42. The van der Waals surface area contributed by atoms with Gasteiger partial charge < -0.3 is 10.6 Å². The number of amides is 2. The zero-order chi connectivity index (χ0) is 29.2. The molecule has 3 aromatic rings. The van der Waals surface area contributed by atoms with Gasteiger partial charge >= 0.3 is 0 Å². The molecule has 0 saturated heterocycles. The lowest BCUT2D eigenvalue weighted by atomic mass is 9.66. The van der Waals surface area contributed by atoms with Gasteiger partial charge in [0.05, 0.1) is 11.7 Å². The van der Waals surface area contributed by atoms with Crippen molar-refractivity contribution in [2.75, 3.05) is 5.32 Å². The topological polar surface area (TPSA) is 118 Å². The summed E-state index contributed by atoms with van der Waals surface area (Å²) >= 11 is 0. The lowest BCUT2D eigenvalue weighted by Crippen LogP contribution is -2.53. The largest absolute Gasteiger partial charge is 0.339 e. The number of halogens is 1. The Bertz CT molecular complexity index is 1380. The number of hydrogen-bond donors (Lipinski definition) is 3. The van der Waals surface area contributed by atoms with Crippen LogP contribution >= 0.6 is 0 Å². The third-order valence-electron chi connectivity index (χ3n) is 9.64. The van der Waals surface area contributed by atoms with E-state index in [2.05, 4.69) is 30.9 Å². The molecule has 42 heavy (non-hydrogen) atoms. The van der Waals surface area contributed by atoms with Crippen molar-refractivity contribution in [3.8, 4) is 11.1 Å². The number of nitrogens with one attached hydrogen (secondary N) is 3. The highest BCUT2D eigenvalue weighted by Crippen LogP contribution is 2.42. The standard InChI is InChI=1S/C32H42FN7O2/c1-19-27(20(2)39-38-19)24-15-16-26(35-30(24)33)36-32(42)29(37-31(41)25-17-18-34-40(25)23-13-14-23)28(21-9-5-3-6-10-21)22-11-7-4-8-12-22/h15-18,21-23,28-29H,3-14H2,1-2H3,(H,37,41)(H,38,39)(H,35,36,42)/t29-/m0/s1. The predicted molar refractivity (Wildman–Crippen MR) is 158 cm³/mol. The van der Waals surface area contributed by atoms with Gasteiger partial charge in [-0.15, -0.1) is 0 Å². The van der Waals surface area contributed by atoms with E-state index in [1.807, 2.05) is 13.8 Å². The molecule has 9 nitrogen and oxygen atoms in total. The first-order valence-electron chi connectivity index (χ1n) is 15.7. The van der Waals surface area contributed by atoms with Crippen molar-refractivity contribution in [3.05, 3.63) is 47.4 Å². The molecule has 3 aliphatic rings. The molecule has 0 aromatic carbocycles. The Morgan fingerprint density at radius 3 is 2.19 bits per heavy atom. The molecule has 3 aliphatic carbocycles. The van der Waals surface area contributed by atoms with Crippen LogP contribution in [0.1, 0.15) is 105 Å². The molecule has 3 heterocycles. The smallest absolute Gasteiger partial charge is 0.270 e. The first kappa shape index (κ1) is 28.6. The lowest BCUT2D eigenvalue weighted by Gasteiger charge is -2.41. The highest BCUT2D eigenvalue weighted by molar-refractivity contribution is 6.00. The minimum absolute atomic E-state index is 0.00666. The molecule has 10 heteroatoms. The second-order valence-electron chi connectivity index (χ2n) is 12.5. The van der Waals surface area contributed by atoms with Crippen LogP contribution in [0.4, 0.5) is 10.2 Å². The fourth-order valence-corrected chi connectivity index (χ4v) is 7.47. The number of anilines is 1. The third-order valence-corrected chi connectivity index (χ3v) is 9.64. The average Bonchev–Trinajstić information content (AvgIpc) is 3.63. The molecule has 3 fully saturated rings. The maximum Gasteiger partial charge on any atom is 0.270 e. The molecule has 0 spiro atoms. The Morgan fingerprint density at radius 1 is 0.952 bits per heavy atom. The van der Waals surface area contributed by atoms with E-state index < -0.39 is 12.0 Å². The number of aromatic nitrogens is 5. The average molecular weight is 576 g/mol. The molecule has 0 aliphatic heterocycles. The van der Waals surface area contributed by atoms with Gasteiger partial charge in [-0.05, 0) is 62.6 Å². The van der Waals surface area contributed by atoms with Gasteiger partial charge in [-0.25, -0.2) is 4.98 Å². The number of rotatable bonds is 9. The maximum atomic E-state index is 15.3. The number of aryl methyl sites for hydroxylation is 2. The van der Waals surface area contributed by atoms with Crippen LogP contribution in [-0.2, 0) is 4.79 Å². The molecular weight excluding hydrogens is 533 g/mol. The summed E-state index contributed by atoms with van der Waals surface area (Å²) in [5, 5.41) is 17.5. The van der Waals surface area contributed by atoms with Crippen LogP contribution in [0.2, 0.25) is 0 Å². The van der Waals surface area contributed by atoms with E-state index in [1.54, 1.807) is 29.1 Å². The van der Waals surface area contributed by atoms with E-state index in [0.29, 0.717) is 34.4 Å². The van der Waals surface area contributed by atoms with Crippen molar-refractivity contribution in [1.29, 1.82) is 0 Å². The minimum atomic E-state index is -0.755. The van der Waals surface area contributed by atoms with E-state index in [9.17, 15) is 9.59 Å². The number of hydrogen-bond acceptors (Lipinski definition) is 5. The first-order chi connectivity index (χ1) is 20.4. The molecule has 3 saturated carbocycles. The quantitative estimate of drug-likeness (QED) is 0.260. The Balaban J connectivity index is 1.30. The predicted octanol–water partition coefficient (Wildman–Crippen LogP) is 6.27. The van der Waals surface area contributed by atoms with Crippen molar-refractivity contribution >= 4 is 17.6 Å². The molecule has 3 N–H and O–H groups in total. The molecule has 6 rings (SSSR count). The molecule has 0 bridgehead atoms. The van der Waals surface area contributed by atoms with Gasteiger partial charge in [-0.2, -0.15) is 14.6 Å². The number of pyridine rings is 1. The molecule has 3 aromatic heterocycles. The zero-order valence-corrected chi connectivity index (χ0v) is 24.7. The molecule has 0 radical (unpaired) electrons. The molecule has 224 valence electrons. The van der Waals surface area contributed by atoms with Gasteiger partial charge in [0.15, 0.2) is 0 Å². The Morgan fingerprint density at radius 2 is 1.62 bits per heavy atom. The molecular formula is C32H42FN7O2. The van der Waals surface area contributed by atoms with Crippen molar-refractivity contribution in [2.24, 2.45) is 17.8 Å². The van der Waals surface area contributed by atoms with E-state index in [4.69, 9.17) is 0 Å².